The molecule has 0 radical (unpaired) electrons. The number of nitrogens with one attached hydrogen (secondary N) is 1. The van der Waals surface area contributed by atoms with Crippen molar-refractivity contribution >= 4 is 21.6 Å². The zero-order valence-corrected chi connectivity index (χ0v) is 11.3. The molecule has 96 valence electrons. The van der Waals surface area contributed by atoms with Gasteiger partial charge in [-0.3, -0.25) is 4.98 Å². The van der Waals surface area contributed by atoms with E-state index in [2.05, 4.69) is 28.7 Å². The molecule has 3 nitrogen and oxygen atoms in total. The number of aromatic nitrogens is 1. The molecular formula is C14H18N2OS. The maximum atomic E-state index is 10.1. The van der Waals surface area contributed by atoms with Gasteiger partial charge in [0.25, 0.3) is 0 Å². The fraction of sp³-hybridized carbons (Fsp3) is 0.500. The summed E-state index contributed by atoms with van der Waals surface area (Å²) in [6, 6.07) is 4.46. The van der Waals surface area contributed by atoms with E-state index in [1.807, 2.05) is 12.3 Å². The van der Waals surface area contributed by atoms with E-state index in [0.29, 0.717) is 6.54 Å². The number of fused-ring (bicyclic) bond motifs is 1. The van der Waals surface area contributed by atoms with Gasteiger partial charge in [-0.05, 0) is 49.3 Å². The third-order valence-electron chi connectivity index (χ3n) is 3.85. The third kappa shape index (κ3) is 2.28. The third-order valence-corrected chi connectivity index (χ3v) is 4.70. The molecule has 0 aliphatic heterocycles. The van der Waals surface area contributed by atoms with Crippen LogP contribution in [0, 0.1) is 0 Å². The first-order chi connectivity index (χ1) is 8.66. The summed E-state index contributed by atoms with van der Waals surface area (Å²) >= 11 is 1.72. The molecule has 0 spiro atoms. The number of hydrogen-bond donors (Lipinski definition) is 2. The van der Waals surface area contributed by atoms with Crippen molar-refractivity contribution in [2.45, 2.75) is 37.8 Å². The topological polar surface area (TPSA) is 45.1 Å². The largest absolute Gasteiger partial charge is 0.389 e. The standard InChI is InChI=1S/C14H18N2OS/c1-10(16-9-14(17)4-2-5-14)11-7-13-12(15-8-11)3-6-18-13/h3,6-8,10,16-17H,2,4-5,9H2,1H3. The summed E-state index contributed by atoms with van der Waals surface area (Å²) in [5.74, 6) is 0. The molecule has 2 aromatic rings. The van der Waals surface area contributed by atoms with Crippen LogP contribution in [0.2, 0.25) is 0 Å². The minimum atomic E-state index is -0.464. The summed E-state index contributed by atoms with van der Waals surface area (Å²) in [6.45, 7) is 2.80. The monoisotopic (exact) mass is 262 g/mol. The van der Waals surface area contributed by atoms with Crippen LogP contribution in [-0.2, 0) is 0 Å². The number of hydrogen-bond acceptors (Lipinski definition) is 4. The van der Waals surface area contributed by atoms with Crippen molar-refractivity contribution in [2.24, 2.45) is 0 Å². The van der Waals surface area contributed by atoms with Crippen molar-refractivity contribution in [3.05, 3.63) is 29.3 Å². The molecule has 1 saturated carbocycles. The summed E-state index contributed by atoms with van der Waals surface area (Å²) in [4.78, 5) is 4.45. The summed E-state index contributed by atoms with van der Waals surface area (Å²) < 4.78 is 1.23. The number of aliphatic hydroxyl groups is 1. The second kappa shape index (κ2) is 4.61. The molecule has 1 atom stereocenters. The number of thiophene rings is 1. The number of rotatable bonds is 4. The molecule has 0 bridgehead atoms. The van der Waals surface area contributed by atoms with Gasteiger partial charge in [-0.2, -0.15) is 0 Å². The van der Waals surface area contributed by atoms with Crippen molar-refractivity contribution in [2.75, 3.05) is 6.54 Å². The average molecular weight is 262 g/mol. The van der Waals surface area contributed by atoms with Gasteiger partial charge in [-0.1, -0.05) is 0 Å². The van der Waals surface area contributed by atoms with E-state index in [-0.39, 0.29) is 6.04 Å². The van der Waals surface area contributed by atoms with Crippen molar-refractivity contribution in [3.8, 4) is 0 Å². The van der Waals surface area contributed by atoms with Crippen LogP contribution in [0.4, 0.5) is 0 Å². The minimum Gasteiger partial charge on any atom is -0.389 e. The quantitative estimate of drug-likeness (QED) is 0.890. The predicted molar refractivity (Wildman–Crippen MR) is 74.8 cm³/mol. The molecule has 0 saturated heterocycles. The molecule has 1 fully saturated rings. The van der Waals surface area contributed by atoms with Crippen molar-refractivity contribution in [3.63, 3.8) is 0 Å². The van der Waals surface area contributed by atoms with Gasteiger partial charge < -0.3 is 10.4 Å². The lowest BCUT2D eigenvalue weighted by molar-refractivity contribution is -0.0329. The molecule has 1 aliphatic carbocycles. The van der Waals surface area contributed by atoms with Gasteiger partial charge in [-0.15, -0.1) is 11.3 Å². The highest BCUT2D eigenvalue weighted by atomic mass is 32.1. The van der Waals surface area contributed by atoms with Crippen LogP contribution >= 0.6 is 11.3 Å². The smallest absolute Gasteiger partial charge is 0.0809 e. The molecule has 0 amide bonds. The summed E-state index contributed by atoms with van der Waals surface area (Å²) in [7, 11) is 0. The molecule has 4 heteroatoms. The molecular weight excluding hydrogens is 244 g/mol. The van der Waals surface area contributed by atoms with Gasteiger partial charge in [0.2, 0.25) is 0 Å². The second-order valence-electron chi connectivity index (χ2n) is 5.25. The molecule has 0 aromatic carbocycles. The van der Waals surface area contributed by atoms with E-state index in [0.717, 1.165) is 24.8 Å². The zero-order valence-electron chi connectivity index (χ0n) is 10.5. The molecule has 18 heavy (non-hydrogen) atoms. The van der Waals surface area contributed by atoms with Crippen molar-refractivity contribution in [1.82, 2.24) is 10.3 Å². The Morgan fingerprint density at radius 3 is 3.11 bits per heavy atom. The van der Waals surface area contributed by atoms with E-state index >= 15 is 0 Å². The SMILES string of the molecule is CC(NCC1(O)CCC1)c1cnc2ccsc2c1. The van der Waals surface area contributed by atoms with Crippen LogP contribution in [0.1, 0.15) is 37.8 Å². The summed E-state index contributed by atoms with van der Waals surface area (Å²) in [5.41, 5.74) is 1.79. The molecule has 2 heterocycles. The van der Waals surface area contributed by atoms with E-state index in [1.54, 1.807) is 11.3 Å². The molecule has 1 unspecified atom stereocenters. The van der Waals surface area contributed by atoms with Crippen LogP contribution in [0.25, 0.3) is 10.2 Å². The van der Waals surface area contributed by atoms with Gasteiger partial charge in [0.15, 0.2) is 0 Å². The maximum Gasteiger partial charge on any atom is 0.0809 e. The van der Waals surface area contributed by atoms with Crippen LogP contribution in [0.15, 0.2) is 23.7 Å². The fourth-order valence-electron chi connectivity index (χ4n) is 2.32. The van der Waals surface area contributed by atoms with Crippen LogP contribution < -0.4 is 5.32 Å². The van der Waals surface area contributed by atoms with Gasteiger partial charge in [0, 0.05) is 18.8 Å². The first kappa shape index (κ1) is 12.1. The van der Waals surface area contributed by atoms with Crippen LogP contribution in [-0.4, -0.2) is 22.2 Å². The number of pyridine rings is 1. The Labute approximate surface area is 111 Å². The van der Waals surface area contributed by atoms with Gasteiger partial charge >= 0.3 is 0 Å². The molecule has 1 aliphatic rings. The highest BCUT2D eigenvalue weighted by Crippen LogP contribution is 2.31. The van der Waals surface area contributed by atoms with E-state index in [4.69, 9.17) is 0 Å². The lowest BCUT2D eigenvalue weighted by Gasteiger charge is -2.37. The summed E-state index contributed by atoms with van der Waals surface area (Å²) in [5, 5.41) is 15.5. The minimum absolute atomic E-state index is 0.230. The lowest BCUT2D eigenvalue weighted by Crippen LogP contribution is -2.46. The lowest BCUT2D eigenvalue weighted by atomic mass is 9.80. The first-order valence-corrected chi connectivity index (χ1v) is 7.33. The van der Waals surface area contributed by atoms with E-state index in [1.165, 1.54) is 10.3 Å². The van der Waals surface area contributed by atoms with E-state index < -0.39 is 5.60 Å². The molecule has 2 aromatic heterocycles. The predicted octanol–water partition coefficient (Wildman–Crippen LogP) is 2.86. The highest BCUT2D eigenvalue weighted by Gasteiger charge is 2.34. The highest BCUT2D eigenvalue weighted by molar-refractivity contribution is 7.17. The summed E-state index contributed by atoms with van der Waals surface area (Å²) in [6.07, 6.45) is 4.93. The van der Waals surface area contributed by atoms with Crippen molar-refractivity contribution in [1.29, 1.82) is 0 Å². The Morgan fingerprint density at radius 2 is 2.39 bits per heavy atom. The Hall–Kier alpha value is -0.970. The normalized spacial score (nSPS) is 19.7. The zero-order chi connectivity index (χ0) is 12.6. The Bertz CT molecular complexity index is 547. The Morgan fingerprint density at radius 1 is 1.56 bits per heavy atom. The average Bonchev–Trinajstić information content (AvgIpc) is 2.80. The van der Waals surface area contributed by atoms with Crippen LogP contribution in [0.5, 0.6) is 0 Å². The van der Waals surface area contributed by atoms with Gasteiger partial charge in [0.1, 0.15) is 0 Å². The first-order valence-electron chi connectivity index (χ1n) is 6.45. The van der Waals surface area contributed by atoms with Crippen LogP contribution in [0.3, 0.4) is 0 Å². The molecule has 3 rings (SSSR count). The Kier molecular flexibility index (Phi) is 3.09. The molecule has 2 N–H and O–H groups in total. The van der Waals surface area contributed by atoms with E-state index in [9.17, 15) is 5.11 Å². The maximum absolute atomic E-state index is 10.1. The second-order valence-corrected chi connectivity index (χ2v) is 6.20. The van der Waals surface area contributed by atoms with Crippen molar-refractivity contribution < 1.29 is 5.11 Å². The Balaban J connectivity index is 1.69. The fourth-order valence-corrected chi connectivity index (χ4v) is 3.11. The number of nitrogens with zero attached hydrogens (tertiary/aromatic N) is 1. The van der Waals surface area contributed by atoms with Gasteiger partial charge in [0.05, 0.1) is 15.8 Å². The van der Waals surface area contributed by atoms with Gasteiger partial charge in [-0.25, -0.2) is 0 Å².